The van der Waals surface area contributed by atoms with Crippen LogP contribution in [0.3, 0.4) is 0 Å². The lowest BCUT2D eigenvalue weighted by Crippen LogP contribution is -1.67. The minimum Gasteiger partial charge on any atom is -0.0842 e. The molecule has 0 fully saturated rings. The van der Waals surface area contributed by atoms with Crippen LogP contribution in [0.2, 0.25) is 0 Å². The highest BCUT2D eigenvalue weighted by Crippen LogP contribution is 1.98. The molecule has 0 amide bonds. The first-order valence-corrected chi connectivity index (χ1v) is 2.00. The fourth-order valence-corrected chi connectivity index (χ4v) is 0.385. The minimum absolute atomic E-state index is 0.347. The topological polar surface area (TPSA) is 0 Å². The molecule has 1 aliphatic carbocycles. The van der Waals surface area contributed by atoms with E-state index in [1.54, 1.807) is 12.2 Å². The molecule has 1 rings (SSSR count). The Labute approximate surface area is 41.0 Å². The van der Waals surface area contributed by atoms with Gasteiger partial charge in [-0.05, 0) is 12.8 Å². The second kappa shape index (κ2) is 1.81. The van der Waals surface area contributed by atoms with Crippen molar-refractivity contribution in [2.45, 2.75) is 12.8 Å². The van der Waals surface area contributed by atoms with Gasteiger partial charge in [-0.1, -0.05) is 24.3 Å². The van der Waals surface area contributed by atoms with Crippen LogP contribution < -0.4 is 0 Å². The highest BCUT2D eigenvalue weighted by atomic mass is 13.8. The van der Waals surface area contributed by atoms with Gasteiger partial charge in [0.15, 0.2) is 0 Å². The molecule has 0 aromatic rings. The van der Waals surface area contributed by atoms with Crippen molar-refractivity contribution in [3.8, 4) is 0 Å². The van der Waals surface area contributed by atoms with Gasteiger partial charge in [-0.3, -0.25) is 0 Å². The summed E-state index contributed by atoms with van der Waals surface area (Å²) in [5.74, 6) is 0. The summed E-state index contributed by atoms with van der Waals surface area (Å²) in [5, 5.41) is 0. The average Bonchev–Trinajstić information content (AvgIpc) is 1.77. The SMILES string of the molecule is [2H]C1C=CC=CC1[2H]. The normalized spacial score (nSPS) is 48.0. The van der Waals surface area contributed by atoms with E-state index in [0.29, 0.717) is 0 Å². The van der Waals surface area contributed by atoms with Gasteiger partial charge in [-0.15, -0.1) is 0 Å². The number of hydrogen-bond acceptors (Lipinski definition) is 0. The molecule has 0 aromatic heterocycles. The molecule has 0 radical (unpaired) electrons. The monoisotopic (exact) mass is 82.1 g/mol. The van der Waals surface area contributed by atoms with Gasteiger partial charge < -0.3 is 0 Å². The molecule has 0 saturated carbocycles. The molecule has 6 heavy (non-hydrogen) atoms. The van der Waals surface area contributed by atoms with Crippen LogP contribution in [0, 0.1) is 0 Å². The van der Waals surface area contributed by atoms with Gasteiger partial charge in [-0.25, -0.2) is 0 Å². The van der Waals surface area contributed by atoms with E-state index in [9.17, 15) is 0 Å². The van der Waals surface area contributed by atoms with Crippen molar-refractivity contribution >= 4 is 0 Å². The lowest BCUT2D eigenvalue weighted by molar-refractivity contribution is 1.04. The van der Waals surface area contributed by atoms with E-state index in [4.69, 9.17) is 2.74 Å². The molecular weight excluding hydrogens is 72.1 g/mol. The molecule has 32 valence electrons. The Morgan fingerprint density at radius 3 is 2.00 bits per heavy atom. The van der Waals surface area contributed by atoms with E-state index in [2.05, 4.69) is 0 Å². The highest BCUT2D eigenvalue weighted by molar-refractivity contribution is 5.07. The van der Waals surface area contributed by atoms with Crippen LogP contribution in [0.1, 0.15) is 15.5 Å². The van der Waals surface area contributed by atoms with E-state index in [0.717, 1.165) is 0 Å². The zero-order valence-electron chi connectivity index (χ0n) is 5.46. The summed E-state index contributed by atoms with van der Waals surface area (Å²) in [6.45, 7) is 0. The molecule has 0 heteroatoms. The van der Waals surface area contributed by atoms with Crippen LogP contribution in [-0.2, 0) is 0 Å². The number of allylic oxidation sites excluding steroid dienone is 4. The van der Waals surface area contributed by atoms with Gasteiger partial charge in [0.25, 0.3) is 0 Å². The molecule has 0 aromatic carbocycles. The Bertz CT molecular complexity index is 110. The molecule has 0 bridgehead atoms. The number of rotatable bonds is 0. The standard InChI is InChI=1S/C6H8/c1-2-4-6-5-3-1/h1-4H,5-6H2/i5D,6D. The Morgan fingerprint density at radius 1 is 1.17 bits per heavy atom. The molecule has 0 N–H and O–H groups in total. The molecule has 0 aliphatic heterocycles. The Hall–Kier alpha value is -0.520. The van der Waals surface area contributed by atoms with Crippen molar-refractivity contribution in [2.24, 2.45) is 0 Å². The van der Waals surface area contributed by atoms with Crippen LogP contribution in [-0.4, -0.2) is 0 Å². The molecule has 0 nitrogen and oxygen atoms in total. The maximum atomic E-state index is 7.15. The lowest BCUT2D eigenvalue weighted by atomic mass is 10.2. The Morgan fingerprint density at radius 2 is 1.67 bits per heavy atom. The zero-order valence-corrected chi connectivity index (χ0v) is 3.46. The molecule has 0 saturated heterocycles. The predicted octanol–water partition coefficient (Wildman–Crippen LogP) is 1.89. The fourth-order valence-electron chi connectivity index (χ4n) is 0.385. The van der Waals surface area contributed by atoms with Gasteiger partial charge >= 0.3 is 0 Å². The predicted molar refractivity (Wildman–Crippen MR) is 27.5 cm³/mol. The van der Waals surface area contributed by atoms with Crippen molar-refractivity contribution in [1.82, 2.24) is 0 Å². The van der Waals surface area contributed by atoms with Gasteiger partial charge in [0.1, 0.15) is 0 Å². The zero-order chi connectivity index (χ0) is 5.98. The van der Waals surface area contributed by atoms with Crippen molar-refractivity contribution in [3.05, 3.63) is 24.3 Å². The first kappa shape index (κ1) is 1.97. The lowest BCUT2D eigenvalue weighted by Gasteiger charge is -1.88. The Balaban J connectivity index is 2.59. The van der Waals surface area contributed by atoms with Gasteiger partial charge in [-0.2, -0.15) is 0 Å². The summed E-state index contributed by atoms with van der Waals surface area (Å²) in [5.41, 5.74) is 0. The maximum absolute atomic E-state index is 7.15. The summed E-state index contributed by atoms with van der Waals surface area (Å²) in [6.07, 6.45) is 6.36. The van der Waals surface area contributed by atoms with E-state index < -0.39 is 0 Å². The smallest absolute Gasteiger partial charge is 0.0313 e. The first-order valence-electron chi connectivity index (χ1n) is 3.15. The van der Waals surface area contributed by atoms with Crippen molar-refractivity contribution in [2.75, 3.05) is 0 Å². The summed E-state index contributed by atoms with van der Waals surface area (Å²) < 4.78 is 14.3. The minimum atomic E-state index is -0.347. The quantitative estimate of drug-likeness (QED) is 0.418. The molecular formula is C6H8. The van der Waals surface area contributed by atoms with Crippen LogP contribution in [0.4, 0.5) is 0 Å². The number of hydrogen-bond donors (Lipinski definition) is 0. The summed E-state index contributed by atoms with van der Waals surface area (Å²) in [4.78, 5) is 0. The van der Waals surface area contributed by atoms with Gasteiger partial charge in [0.2, 0.25) is 0 Å². The van der Waals surface area contributed by atoms with Gasteiger partial charge in [0, 0.05) is 2.74 Å². The third kappa shape index (κ3) is 0.713. The first-order chi connectivity index (χ1) is 3.80. The van der Waals surface area contributed by atoms with E-state index in [1.807, 2.05) is 12.2 Å². The molecule has 2 unspecified atom stereocenters. The van der Waals surface area contributed by atoms with E-state index in [1.165, 1.54) is 0 Å². The second-order valence-electron chi connectivity index (χ2n) is 1.15. The third-order valence-electron chi connectivity index (χ3n) is 0.667. The van der Waals surface area contributed by atoms with Crippen LogP contribution in [0.15, 0.2) is 24.3 Å². The highest BCUT2D eigenvalue weighted by Gasteiger charge is 1.77. The molecule has 0 heterocycles. The fraction of sp³-hybridized carbons (Fsp3) is 0.333. The van der Waals surface area contributed by atoms with E-state index >= 15 is 0 Å². The van der Waals surface area contributed by atoms with Crippen LogP contribution >= 0.6 is 0 Å². The largest absolute Gasteiger partial charge is 0.0842 e. The van der Waals surface area contributed by atoms with Crippen LogP contribution in [0.25, 0.3) is 0 Å². The summed E-state index contributed by atoms with van der Waals surface area (Å²) in [7, 11) is 0. The van der Waals surface area contributed by atoms with Crippen molar-refractivity contribution in [1.29, 1.82) is 0 Å². The summed E-state index contributed by atoms with van der Waals surface area (Å²) in [6, 6.07) is 0. The summed E-state index contributed by atoms with van der Waals surface area (Å²) >= 11 is 0. The molecule has 0 spiro atoms. The van der Waals surface area contributed by atoms with E-state index in [-0.39, 0.29) is 12.8 Å². The average molecular weight is 82.1 g/mol. The third-order valence-corrected chi connectivity index (χ3v) is 0.667. The van der Waals surface area contributed by atoms with Crippen molar-refractivity contribution in [3.63, 3.8) is 0 Å². The van der Waals surface area contributed by atoms with Crippen LogP contribution in [0.5, 0.6) is 0 Å². The maximum Gasteiger partial charge on any atom is 0.0313 e. The molecule has 2 atom stereocenters. The van der Waals surface area contributed by atoms with Gasteiger partial charge in [0.05, 0.1) is 0 Å². The second-order valence-corrected chi connectivity index (χ2v) is 1.15. The molecule has 1 aliphatic rings. The van der Waals surface area contributed by atoms with Crippen molar-refractivity contribution < 1.29 is 2.74 Å². The Kier molecular flexibility index (Phi) is 0.592.